The molecule has 0 spiro atoms. The second kappa shape index (κ2) is 5.34. The Hall–Kier alpha value is -0.970. The third-order valence-electron chi connectivity index (χ3n) is 2.23. The lowest BCUT2D eigenvalue weighted by atomic mass is 9.88. The number of hydrogen-bond acceptors (Lipinski definition) is 4. The van der Waals surface area contributed by atoms with Crippen LogP contribution in [0.2, 0.25) is 0 Å². The molecule has 0 aromatic carbocycles. The predicted molar refractivity (Wildman–Crippen MR) is 73.2 cm³/mol. The van der Waals surface area contributed by atoms with Crippen LogP contribution in [-0.4, -0.2) is 21.5 Å². The molecule has 5 heteroatoms. The van der Waals surface area contributed by atoms with Crippen LogP contribution in [0, 0.1) is 0 Å². The number of nitrogens with zero attached hydrogens (tertiary/aromatic N) is 2. The van der Waals surface area contributed by atoms with E-state index in [4.69, 9.17) is 4.74 Å². The Morgan fingerprint density at radius 2 is 1.72 bits per heavy atom. The van der Waals surface area contributed by atoms with Gasteiger partial charge in [0.15, 0.2) is 0 Å². The van der Waals surface area contributed by atoms with E-state index in [1.165, 1.54) is 0 Å². The van der Waals surface area contributed by atoms with E-state index >= 15 is 0 Å². The lowest BCUT2D eigenvalue weighted by Gasteiger charge is -2.25. The number of ether oxygens (including phenoxy) is 1. The summed E-state index contributed by atoms with van der Waals surface area (Å²) in [5.41, 5.74) is -0.906. The van der Waals surface area contributed by atoms with E-state index in [0.29, 0.717) is 5.82 Å². The molecule has 4 nitrogen and oxygen atoms in total. The van der Waals surface area contributed by atoms with Crippen molar-refractivity contribution in [3.63, 3.8) is 0 Å². The van der Waals surface area contributed by atoms with Crippen molar-refractivity contribution in [2.24, 2.45) is 0 Å². The van der Waals surface area contributed by atoms with Crippen LogP contribution in [0.3, 0.4) is 0 Å². The van der Waals surface area contributed by atoms with Crippen molar-refractivity contribution in [3.8, 4) is 0 Å². The summed E-state index contributed by atoms with van der Waals surface area (Å²) >= 11 is 3.29. The van der Waals surface area contributed by atoms with Crippen molar-refractivity contribution in [3.05, 3.63) is 22.7 Å². The van der Waals surface area contributed by atoms with Crippen molar-refractivity contribution >= 4 is 21.9 Å². The van der Waals surface area contributed by atoms with Gasteiger partial charge in [0.25, 0.3) is 0 Å². The Balaban J connectivity index is 2.75. The summed E-state index contributed by atoms with van der Waals surface area (Å²) in [7, 11) is 0. The number of aromatic nitrogens is 2. The molecule has 0 saturated heterocycles. The Labute approximate surface area is 116 Å². The number of carbonyl (C=O) groups is 1. The molecule has 0 atom stereocenters. The van der Waals surface area contributed by atoms with Gasteiger partial charge in [-0.25, -0.2) is 9.97 Å². The topological polar surface area (TPSA) is 52.1 Å². The first-order chi connectivity index (χ1) is 8.10. The van der Waals surface area contributed by atoms with Gasteiger partial charge in [0, 0.05) is 17.8 Å². The third kappa shape index (κ3) is 4.72. The fourth-order valence-corrected chi connectivity index (χ4v) is 1.68. The molecule has 0 radical (unpaired) electrons. The maximum atomic E-state index is 11.8. The Kier molecular flexibility index (Phi) is 4.48. The molecule has 0 aliphatic carbocycles. The van der Waals surface area contributed by atoms with Gasteiger partial charge in [-0.2, -0.15) is 0 Å². The van der Waals surface area contributed by atoms with Crippen LogP contribution < -0.4 is 0 Å². The van der Waals surface area contributed by atoms with Gasteiger partial charge in [-0.3, -0.25) is 4.79 Å². The summed E-state index contributed by atoms with van der Waals surface area (Å²) in [6.07, 6.45) is 3.62. The highest BCUT2D eigenvalue weighted by molar-refractivity contribution is 9.10. The average molecular weight is 315 g/mol. The van der Waals surface area contributed by atoms with E-state index in [1.54, 1.807) is 12.4 Å². The van der Waals surface area contributed by atoms with E-state index in [1.807, 2.05) is 34.6 Å². The minimum atomic E-state index is -0.465. The van der Waals surface area contributed by atoms with Crippen LogP contribution in [0.1, 0.15) is 46.9 Å². The van der Waals surface area contributed by atoms with Crippen LogP contribution in [0.4, 0.5) is 0 Å². The summed E-state index contributed by atoms with van der Waals surface area (Å²) in [5, 5.41) is 0. The Morgan fingerprint density at radius 3 is 2.17 bits per heavy atom. The monoisotopic (exact) mass is 314 g/mol. The van der Waals surface area contributed by atoms with Gasteiger partial charge in [0.2, 0.25) is 0 Å². The summed E-state index contributed by atoms with van der Waals surface area (Å²) in [6, 6.07) is 0. The average Bonchev–Trinajstić information content (AvgIpc) is 2.13. The highest BCUT2D eigenvalue weighted by atomic mass is 79.9. The van der Waals surface area contributed by atoms with Crippen molar-refractivity contribution in [1.82, 2.24) is 9.97 Å². The van der Waals surface area contributed by atoms with E-state index in [2.05, 4.69) is 25.9 Å². The largest absolute Gasteiger partial charge is 0.460 e. The Bertz CT molecular complexity index is 422. The molecule has 0 fully saturated rings. The zero-order chi connectivity index (χ0) is 14.0. The molecule has 18 heavy (non-hydrogen) atoms. The molecular weight excluding hydrogens is 296 g/mol. The van der Waals surface area contributed by atoms with E-state index in [0.717, 1.165) is 4.47 Å². The predicted octanol–water partition coefficient (Wildman–Crippen LogP) is 3.25. The van der Waals surface area contributed by atoms with Gasteiger partial charge in [-0.15, -0.1) is 0 Å². The molecule has 100 valence electrons. The number of halogens is 1. The lowest BCUT2D eigenvalue weighted by Crippen LogP contribution is -2.30. The molecule has 0 saturated carbocycles. The van der Waals surface area contributed by atoms with Gasteiger partial charge in [0.05, 0.1) is 10.9 Å². The zero-order valence-corrected chi connectivity index (χ0v) is 13.0. The number of esters is 1. The van der Waals surface area contributed by atoms with Crippen molar-refractivity contribution in [2.75, 3.05) is 0 Å². The van der Waals surface area contributed by atoms with Crippen LogP contribution >= 0.6 is 15.9 Å². The SMILES string of the molecule is CC(C)(C)OC(=O)CC(C)(C)c1ncc(Br)cn1. The number of hydrogen-bond donors (Lipinski definition) is 0. The molecule has 0 aliphatic rings. The minimum absolute atomic E-state index is 0.237. The minimum Gasteiger partial charge on any atom is -0.460 e. The first-order valence-corrected chi connectivity index (χ1v) is 6.59. The number of rotatable bonds is 3. The summed E-state index contributed by atoms with van der Waals surface area (Å²) in [5.74, 6) is 0.399. The maximum absolute atomic E-state index is 11.8. The molecule has 0 N–H and O–H groups in total. The second-order valence-corrected chi connectivity index (χ2v) is 6.79. The standard InChI is InChI=1S/C13H19BrN2O2/c1-12(2,3)18-10(17)6-13(4,5)11-15-7-9(14)8-16-11/h7-8H,6H2,1-5H3. The zero-order valence-electron chi connectivity index (χ0n) is 11.5. The fourth-order valence-electron chi connectivity index (χ4n) is 1.48. The summed E-state index contributed by atoms with van der Waals surface area (Å²) < 4.78 is 6.13. The molecule has 0 bridgehead atoms. The summed E-state index contributed by atoms with van der Waals surface area (Å²) in [4.78, 5) is 20.3. The lowest BCUT2D eigenvalue weighted by molar-refractivity contribution is -0.156. The van der Waals surface area contributed by atoms with E-state index < -0.39 is 11.0 Å². The first kappa shape index (κ1) is 15.1. The maximum Gasteiger partial charge on any atom is 0.307 e. The van der Waals surface area contributed by atoms with Gasteiger partial charge in [-0.05, 0) is 36.7 Å². The molecule has 0 amide bonds. The highest BCUT2D eigenvalue weighted by Gasteiger charge is 2.29. The molecular formula is C13H19BrN2O2. The normalized spacial score (nSPS) is 12.3. The Morgan fingerprint density at radius 1 is 1.22 bits per heavy atom. The van der Waals surface area contributed by atoms with Gasteiger partial charge >= 0.3 is 5.97 Å². The summed E-state index contributed by atoms with van der Waals surface area (Å²) in [6.45, 7) is 9.43. The van der Waals surface area contributed by atoms with Gasteiger partial charge in [-0.1, -0.05) is 13.8 Å². The molecule has 0 unspecified atom stereocenters. The van der Waals surface area contributed by atoms with Crippen LogP contribution in [0.15, 0.2) is 16.9 Å². The molecule has 1 aromatic rings. The van der Waals surface area contributed by atoms with Crippen LogP contribution in [0.25, 0.3) is 0 Å². The highest BCUT2D eigenvalue weighted by Crippen LogP contribution is 2.25. The third-order valence-corrected chi connectivity index (χ3v) is 2.64. The quantitative estimate of drug-likeness (QED) is 0.804. The van der Waals surface area contributed by atoms with Crippen LogP contribution in [0.5, 0.6) is 0 Å². The van der Waals surface area contributed by atoms with Crippen molar-refractivity contribution in [2.45, 2.75) is 52.1 Å². The molecule has 1 aromatic heterocycles. The number of carbonyl (C=O) groups excluding carboxylic acids is 1. The van der Waals surface area contributed by atoms with Crippen molar-refractivity contribution in [1.29, 1.82) is 0 Å². The van der Waals surface area contributed by atoms with E-state index in [9.17, 15) is 4.79 Å². The molecule has 1 rings (SSSR count). The molecule has 0 aliphatic heterocycles. The van der Waals surface area contributed by atoms with E-state index in [-0.39, 0.29) is 12.4 Å². The second-order valence-electron chi connectivity index (χ2n) is 5.87. The van der Waals surface area contributed by atoms with Gasteiger partial charge in [0.1, 0.15) is 11.4 Å². The fraction of sp³-hybridized carbons (Fsp3) is 0.615. The first-order valence-electron chi connectivity index (χ1n) is 5.80. The van der Waals surface area contributed by atoms with Gasteiger partial charge < -0.3 is 4.74 Å². The van der Waals surface area contributed by atoms with Crippen LogP contribution in [-0.2, 0) is 14.9 Å². The molecule has 1 heterocycles. The smallest absolute Gasteiger partial charge is 0.307 e. The van der Waals surface area contributed by atoms with Crippen molar-refractivity contribution < 1.29 is 9.53 Å².